The number of aromatic nitrogens is 2. The maximum atomic E-state index is 10.0. The molecule has 1 aromatic heterocycles. The maximum absolute atomic E-state index is 10.0. The van der Waals surface area contributed by atoms with E-state index in [2.05, 4.69) is 17.1 Å². The molecule has 6 nitrogen and oxygen atoms in total. The monoisotopic (exact) mass is 413 g/mol. The van der Waals surface area contributed by atoms with Crippen LogP contribution in [0.15, 0.2) is 47.6 Å². The van der Waals surface area contributed by atoms with Crippen molar-refractivity contribution in [1.82, 2.24) is 9.55 Å². The molecule has 0 aliphatic rings. The highest BCUT2D eigenvalue weighted by Gasteiger charge is 2.15. The topological polar surface area (TPSA) is 90.9 Å². The minimum Gasteiger partial charge on any atom is -0.507 e. The number of imidazole rings is 1. The van der Waals surface area contributed by atoms with Gasteiger partial charge >= 0.3 is 0 Å². The molecule has 3 rings (SSSR count). The van der Waals surface area contributed by atoms with Crippen molar-refractivity contribution in [3.05, 3.63) is 70.3 Å². The molecule has 0 saturated carbocycles. The Hall–Kier alpha value is -2.83. The predicted molar refractivity (Wildman–Crippen MR) is 114 cm³/mol. The molecule has 0 radical (unpaired) electrons. The van der Waals surface area contributed by atoms with Gasteiger partial charge in [-0.05, 0) is 29.2 Å². The summed E-state index contributed by atoms with van der Waals surface area (Å²) in [7, 11) is 0. The van der Waals surface area contributed by atoms with Crippen LogP contribution >= 0.6 is 11.6 Å². The van der Waals surface area contributed by atoms with E-state index in [1.807, 2.05) is 34.9 Å². The molecule has 0 fully saturated rings. The number of rotatable bonds is 8. The largest absolute Gasteiger partial charge is 0.507 e. The number of benzene rings is 2. The maximum Gasteiger partial charge on any atom is 0.152 e. The third kappa shape index (κ3) is 4.60. The Labute approximate surface area is 174 Å². The minimum atomic E-state index is -0.164. The molecule has 0 unspecified atom stereocenters. The zero-order chi connectivity index (χ0) is 20.8. The highest BCUT2D eigenvalue weighted by atomic mass is 35.5. The number of oxime groups is 1. The molecule has 3 aromatic rings. The number of phenols is 1. The number of aromatic hydroxyl groups is 1. The van der Waals surface area contributed by atoms with Gasteiger partial charge in [0.25, 0.3) is 0 Å². The van der Waals surface area contributed by atoms with E-state index < -0.39 is 0 Å². The first-order valence-corrected chi connectivity index (χ1v) is 9.90. The van der Waals surface area contributed by atoms with Crippen molar-refractivity contribution in [2.45, 2.75) is 39.3 Å². The van der Waals surface area contributed by atoms with Crippen LogP contribution in [-0.4, -0.2) is 31.2 Å². The molecule has 1 heterocycles. The van der Waals surface area contributed by atoms with Crippen LogP contribution in [0.5, 0.6) is 5.75 Å². The Balaban J connectivity index is 1.90. The summed E-state index contributed by atoms with van der Waals surface area (Å²) >= 11 is 6.21. The van der Waals surface area contributed by atoms with Gasteiger partial charge in [0.15, 0.2) is 5.15 Å². The molecule has 0 aliphatic carbocycles. The number of unbranched alkanes of at least 4 members (excludes halogenated alkanes) is 1. The quantitative estimate of drug-likeness (QED) is 0.286. The first-order valence-electron chi connectivity index (χ1n) is 9.52. The molecular formula is C22H24ClN3O3. The van der Waals surface area contributed by atoms with Gasteiger partial charge in [-0.2, -0.15) is 0 Å². The summed E-state index contributed by atoms with van der Waals surface area (Å²) in [5.41, 5.74) is 3.76. The molecule has 152 valence electrons. The third-order valence-electron chi connectivity index (χ3n) is 4.88. The van der Waals surface area contributed by atoms with E-state index in [-0.39, 0.29) is 12.4 Å². The molecule has 7 heteroatoms. The average molecular weight is 414 g/mol. The molecular weight excluding hydrogens is 390 g/mol. The number of aryl methyl sites for hydroxylation is 1. The van der Waals surface area contributed by atoms with Gasteiger partial charge in [-0.3, -0.25) is 0 Å². The van der Waals surface area contributed by atoms with E-state index in [4.69, 9.17) is 16.8 Å². The van der Waals surface area contributed by atoms with Gasteiger partial charge < -0.3 is 20.0 Å². The highest BCUT2D eigenvalue weighted by Crippen LogP contribution is 2.29. The zero-order valence-corrected chi connectivity index (χ0v) is 17.0. The second-order valence-corrected chi connectivity index (χ2v) is 7.15. The lowest BCUT2D eigenvalue weighted by Gasteiger charge is -2.12. The second kappa shape index (κ2) is 9.58. The number of hydrogen-bond acceptors (Lipinski definition) is 5. The molecule has 29 heavy (non-hydrogen) atoms. The fraction of sp³-hybridized carbons (Fsp3) is 0.273. The van der Waals surface area contributed by atoms with Gasteiger partial charge in [-0.25, -0.2) is 4.98 Å². The van der Waals surface area contributed by atoms with Crippen molar-refractivity contribution >= 4 is 17.8 Å². The Morgan fingerprint density at radius 1 is 1.17 bits per heavy atom. The average Bonchev–Trinajstić information content (AvgIpc) is 3.02. The van der Waals surface area contributed by atoms with E-state index in [1.54, 1.807) is 12.1 Å². The van der Waals surface area contributed by atoms with Gasteiger partial charge in [0.05, 0.1) is 18.5 Å². The predicted octanol–water partition coefficient (Wildman–Crippen LogP) is 4.60. The molecule has 3 N–H and O–H groups in total. The fourth-order valence-corrected chi connectivity index (χ4v) is 3.60. The van der Waals surface area contributed by atoms with E-state index in [0.29, 0.717) is 23.0 Å². The van der Waals surface area contributed by atoms with Crippen LogP contribution in [0.3, 0.4) is 0 Å². The van der Waals surface area contributed by atoms with Crippen molar-refractivity contribution < 1.29 is 15.4 Å². The van der Waals surface area contributed by atoms with Crippen molar-refractivity contribution in [2.75, 3.05) is 0 Å². The van der Waals surface area contributed by atoms with Crippen LogP contribution in [0.1, 0.15) is 42.4 Å². The molecule has 0 bridgehead atoms. The van der Waals surface area contributed by atoms with Crippen LogP contribution in [0, 0.1) is 0 Å². The Morgan fingerprint density at radius 2 is 1.93 bits per heavy atom. The highest BCUT2D eigenvalue weighted by molar-refractivity contribution is 6.30. The lowest BCUT2D eigenvalue weighted by Crippen LogP contribution is -2.09. The summed E-state index contributed by atoms with van der Waals surface area (Å²) in [4.78, 5) is 4.42. The first kappa shape index (κ1) is 20.9. The van der Waals surface area contributed by atoms with Crippen molar-refractivity contribution in [2.24, 2.45) is 5.16 Å². The van der Waals surface area contributed by atoms with Crippen molar-refractivity contribution in [1.29, 1.82) is 0 Å². The summed E-state index contributed by atoms with van der Waals surface area (Å²) < 4.78 is 1.98. The summed E-state index contributed by atoms with van der Waals surface area (Å²) in [5.74, 6) is 0.921. The van der Waals surface area contributed by atoms with Gasteiger partial charge in [0.1, 0.15) is 11.6 Å². The lowest BCUT2D eigenvalue weighted by molar-refractivity contribution is 0.271. The Kier molecular flexibility index (Phi) is 6.90. The number of halogens is 1. The SMILES string of the molecule is CCCCc1nc(Cl)c(CO)n1Cc1ccc(-c2cccc(O)c2/C=N\O)cc1. The lowest BCUT2D eigenvalue weighted by atomic mass is 9.98. The zero-order valence-electron chi connectivity index (χ0n) is 16.2. The van der Waals surface area contributed by atoms with Gasteiger partial charge in [-0.1, -0.05) is 66.5 Å². The number of hydrogen-bond donors (Lipinski definition) is 3. The van der Waals surface area contributed by atoms with Crippen LogP contribution in [-0.2, 0) is 19.6 Å². The number of aliphatic hydroxyl groups excluding tert-OH is 1. The van der Waals surface area contributed by atoms with E-state index in [0.717, 1.165) is 41.8 Å². The number of phenolic OH excluding ortho intramolecular Hbond substituents is 1. The smallest absolute Gasteiger partial charge is 0.152 e. The molecule has 0 atom stereocenters. The third-order valence-corrected chi connectivity index (χ3v) is 5.18. The fourth-order valence-electron chi connectivity index (χ4n) is 3.34. The van der Waals surface area contributed by atoms with Crippen molar-refractivity contribution in [3.8, 4) is 16.9 Å². The normalized spacial score (nSPS) is 11.4. The van der Waals surface area contributed by atoms with E-state index in [1.165, 1.54) is 6.21 Å². The molecule has 2 aromatic carbocycles. The number of aliphatic hydroxyl groups is 1. The minimum absolute atomic E-state index is 0.0468. The molecule has 0 saturated heterocycles. The standard InChI is InChI=1S/C22H24ClN3O3/c1-2-3-7-21-25-22(23)19(14-27)26(21)13-15-8-10-16(11-9-15)17-5-4-6-20(28)18(17)12-24-29/h4-6,8-12,27-29H,2-3,7,13-14H2,1H3/b24-12-. The molecule has 0 amide bonds. The number of nitrogens with zero attached hydrogens (tertiary/aromatic N) is 3. The van der Waals surface area contributed by atoms with Gasteiger partial charge in [0, 0.05) is 18.5 Å². The summed E-state index contributed by atoms with van der Waals surface area (Å²) in [6.07, 6.45) is 4.09. The summed E-state index contributed by atoms with van der Waals surface area (Å²) in [5, 5.41) is 32.0. The van der Waals surface area contributed by atoms with Crippen LogP contribution < -0.4 is 0 Å². The van der Waals surface area contributed by atoms with Crippen LogP contribution in [0.25, 0.3) is 11.1 Å². The Bertz CT molecular complexity index is 997. The molecule has 0 aliphatic heterocycles. The summed E-state index contributed by atoms with van der Waals surface area (Å²) in [6.45, 7) is 2.51. The van der Waals surface area contributed by atoms with E-state index in [9.17, 15) is 10.2 Å². The van der Waals surface area contributed by atoms with Crippen LogP contribution in [0.4, 0.5) is 0 Å². The molecule has 0 spiro atoms. The Morgan fingerprint density at radius 3 is 2.59 bits per heavy atom. The van der Waals surface area contributed by atoms with Gasteiger partial charge in [-0.15, -0.1) is 0 Å². The summed E-state index contributed by atoms with van der Waals surface area (Å²) in [6, 6.07) is 13.0. The van der Waals surface area contributed by atoms with Gasteiger partial charge in [0.2, 0.25) is 0 Å². The second-order valence-electron chi connectivity index (χ2n) is 6.79. The van der Waals surface area contributed by atoms with Crippen LogP contribution in [0.2, 0.25) is 5.15 Å². The van der Waals surface area contributed by atoms with Crippen molar-refractivity contribution in [3.63, 3.8) is 0 Å². The van der Waals surface area contributed by atoms with E-state index >= 15 is 0 Å². The first-order chi connectivity index (χ1) is 14.1.